The third kappa shape index (κ3) is 4.18. The number of amides is 1. The first kappa shape index (κ1) is 24.5. The monoisotopic (exact) mass is 492 g/mol. The molecular formula is C28H30F2N4O2. The summed E-state index contributed by atoms with van der Waals surface area (Å²) in [6.07, 6.45) is 7.39. The van der Waals surface area contributed by atoms with E-state index in [4.69, 9.17) is 4.74 Å². The van der Waals surface area contributed by atoms with Gasteiger partial charge in [-0.15, -0.1) is 0 Å². The van der Waals surface area contributed by atoms with Crippen LogP contribution in [-0.2, 0) is 33.8 Å². The molecule has 5 rings (SSSR count). The van der Waals surface area contributed by atoms with Crippen molar-refractivity contribution in [1.82, 2.24) is 19.8 Å². The lowest BCUT2D eigenvalue weighted by molar-refractivity contribution is -0.131. The van der Waals surface area contributed by atoms with Gasteiger partial charge in [-0.05, 0) is 60.7 Å². The van der Waals surface area contributed by atoms with Gasteiger partial charge in [0.15, 0.2) is 11.6 Å². The van der Waals surface area contributed by atoms with Gasteiger partial charge < -0.3 is 9.64 Å². The highest BCUT2D eigenvalue weighted by Gasteiger charge is 2.43. The standard InChI is InChI=1S/C28H30F2N4O2/c1-19(35)33(3)27(2,22-5-6-24(29)25(30)14-22)26-7-4-20(15-32-26)17-34-12-9-28(10-13-34)23-16-31-11-8-21(23)18-36-28/h4-8,11,14-16H,9-10,12-13,17-18H2,1-3H3. The number of pyridine rings is 2. The molecule has 8 heteroatoms. The maximum atomic E-state index is 14.1. The van der Waals surface area contributed by atoms with Crippen LogP contribution in [-0.4, -0.2) is 45.8 Å². The third-order valence-electron chi connectivity index (χ3n) is 7.92. The van der Waals surface area contributed by atoms with E-state index < -0.39 is 17.2 Å². The number of hydrogen-bond donors (Lipinski definition) is 0. The lowest BCUT2D eigenvalue weighted by atomic mass is 9.84. The molecule has 36 heavy (non-hydrogen) atoms. The second-order valence-corrected chi connectivity index (χ2v) is 9.92. The number of halogens is 2. The highest BCUT2D eigenvalue weighted by atomic mass is 19.2. The summed E-state index contributed by atoms with van der Waals surface area (Å²) in [7, 11) is 1.64. The number of carbonyl (C=O) groups is 1. The van der Waals surface area contributed by atoms with Gasteiger partial charge in [0.1, 0.15) is 5.54 Å². The quantitative estimate of drug-likeness (QED) is 0.524. The van der Waals surface area contributed by atoms with Crippen molar-refractivity contribution in [2.24, 2.45) is 0 Å². The average molecular weight is 493 g/mol. The van der Waals surface area contributed by atoms with E-state index in [1.165, 1.54) is 29.0 Å². The molecule has 0 radical (unpaired) electrons. The van der Waals surface area contributed by atoms with Crippen LogP contribution in [0.4, 0.5) is 8.78 Å². The number of nitrogens with zero attached hydrogens (tertiary/aromatic N) is 4. The zero-order valence-corrected chi connectivity index (χ0v) is 20.8. The second-order valence-electron chi connectivity index (χ2n) is 9.92. The maximum Gasteiger partial charge on any atom is 0.220 e. The first-order chi connectivity index (χ1) is 17.2. The molecule has 4 heterocycles. The Balaban J connectivity index is 1.32. The smallest absolute Gasteiger partial charge is 0.220 e. The number of carbonyl (C=O) groups excluding carboxylic acids is 1. The van der Waals surface area contributed by atoms with Crippen LogP contribution in [0.2, 0.25) is 0 Å². The molecule has 1 unspecified atom stereocenters. The van der Waals surface area contributed by atoms with E-state index in [-0.39, 0.29) is 11.5 Å². The number of aromatic nitrogens is 2. The number of ether oxygens (including phenoxy) is 1. The topological polar surface area (TPSA) is 58.6 Å². The lowest BCUT2D eigenvalue weighted by Crippen LogP contribution is -2.45. The molecule has 2 aliphatic rings. The van der Waals surface area contributed by atoms with Crippen LogP contribution in [0.1, 0.15) is 54.6 Å². The van der Waals surface area contributed by atoms with Gasteiger partial charge in [-0.2, -0.15) is 0 Å². The lowest BCUT2D eigenvalue weighted by Gasteiger charge is -2.39. The molecule has 0 bridgehead atoms. The predicted molar refractivity (Wildman–Crippen MR) is 131 cm³/mol. The van der Waals surface area contributed by atoms with Crippen molar-refractivity contribution in [1.29, 1.82) is 0 Å². The fourth-order valence-electron chi connectivity index (χ4n) is 5.43. The van der Waals surface area contributed by atoms with Crippen LogP contribution >= 0.6 is 0 Å². The van der Waals surface area contributed by atoms with E-state index in [0.717, 1.165) is 50.2 Å². The molecule has 6 nitrogen and oxygen atoms in total. The van der Waals surface area contributed by atoms with Crippen molar-refractivity contribution in [2.45, 2.75) is 51.0 Å². The van der Waals surface area contributed by atoms with Crippen molar-refractivity contribution < 1.29 is 18.3 Å². The van der Waals surface area contributed by atoms with Gasteiger partial charge in [0.25, 0.3) is 0 Å². The van der Waals surface area contributed by atoms with Gasteiger partial charge in [-0.3, -0.25) is 19.7 Å². The first-order valence-corrected chi connectivity index (χ1v) is 12.2. The van der Waals surface area contributed by atoms with E-state index in [2.05, 4.69) is 14.9 Å². The Kier molecular flexibility index (Phi) is 6.34. The van der Waals surface area contributed by atoms with E-state index in [0.29, 0.717) is 17.9 Å². The van der Waals surface area contributed by atoms with E-state index in [1.807, 2.05) is 30.6 Å². The number of piperidine rings is 1. The summed E-state index contributed by atoms with van der Waals surface area (Å²) in [5.41, 5.74) is 3.24. The summed E-state index contributed by atoms with van der Waals surface area (Å²) in [6.45, 7) is 6.42. The van der Waals surface area contributed by atoms with Crippen molar-refractivity contribution in [2.75, 3.05) is 20.1 Å². The van der Waals surface area contributed by atoms with Gasteiger partial charge >= 0.3 is 0 Å². The van der Waals surface area contributed by atoms with Gasteiger partial charge in [-0.25, -0.2) is 8.78 Å². The third-order valence-corrected chi connectivity index (χ3v) is 7.92. The molecule has 2 aliphatic heterocycles. The molecule has 1 spiro atoms. The molecular weight excluding hydrogens is 462 g/mol. The number of rotatable bonds is 5. The summed E-state index contributed by atoms with van der Waals surface area (Å²) in [4.78, 5) is 25.2. The second kappa shape index (κ2) is 9.33. The summed E-state index contributed by atoms with van der Waals surface area (Å²) >= 11 is 0. The molecule has 0 aliphatic carbocycles. The Morgan fingerprint density at radius 1 is 1.14 bits per heavy atom. The summed E-state index contributed by atoms with van der Waals surface area (Å²) < 4.78 is 33.9. The van der Waals surface area contributed by atoms with Crippen LogP contribution in [0.5, 0.6) is 0 Å². The molecule has 0 saturated carbocycles. The summed E-state index contributed by atoms with van der Waals surface area (Å²) in [6, 6.07) is 9.61. The number of hydrogen-bond acceptors (Lipinski definition) is 5. The Hall–Kier alpha value is -3.23. The molecule has 1 fully saturated rings. The maximum absolute atomic E-state index is 14.1. The van der Waals surface area contributed by atoms with E-state index in [9.17, 15) is 13.6 Å². The fraction of sp³-hybridized carbons (Fsp3) is 0.393. The molecule has 1 aromatic carbocycles. The molecule has 188 valence electrons. The molecule has 1 atom stereocenters. The molecule has 3 aromatic rings. The van der Waals surface area contributed by atoms with Gasteiger partial charge in [0.05, 0.1) is 17.9 Å². The van der Waals surface area contributed by atoms with Crippen molar-refractivity contribution >= 4 is 5.91 Å². The van der Waals surface area contributed by atoms with Crippen molar-refractivity contribution in [3.63, 3.8) is 0 Å². The minimum absolute atomic E-state index is 0.207. The summed E-state index contributed by atoms with van der Waals surface area (Å²) in [5.74, 6) is -2.10. The minimum atomic E-state index is -1.06. The average Bonchev–Trinajstić information content (AvgIpc) is 3.24. The highest BCUT2D eigenvalue weighted by Crippen LogP contribution is 2.44. The normalized spacial score (nSPS) is 18.6. The zero-order chi connectivity index (χ0) is 25.5. The molecule has 2 aromatic heterocycles. The Labute approximate surface area is 209 Å². The van der Waals surface area contributed by atoms with Gasteiger partial charge in [0, 0.05) is 57.8 Å². The molecule has 0 N–H and O–H groups in total. The molecule has 1 saturated heterocycles. The highest BCUT2D eigenvalue weighted by molar-refractivity contribution is 5.75. The van der Waals surface area contributed by atoms with Gasteiger partial charge in [-0.1, -0.05) is 12.1 Å². The van der Waals surface area contributed by atoms with Gasteiger partial charge in [0.2, 0.25) is 5.91 Å². The summed E-state index contributed by atoms with van der Waals surface area (Å²) in [5, 5.41) is 0. The number of likely N-dealkylation sites (tertiary alicyclic amines) is 1. The zero-order valence-electron chi connectivity index (χ0n) is 20.8. The van der Waals surface area contributed by atoms with Crippen LogP contribution < -0.4 is 0 Å². The Bertz CT molecular complexity index is 1270. The van der Waals surface area contributed by atoms with E-state index in [1.54, 1.807) is 20.2 Å². The largest absolute Gasteiger partial charge is 0.365 e. The molecule has 1 amide bonds. The Morgan fingerprint density at radius 2 is 1.92 bits per heavy atom. The SMILES string of the molecule is CC(=O)N(C)C(C)(c1ccc(F)c(F)c1)c1ccc(CN2CCC3(CC2)OCc2ccncc23)cn1. The van der Waals surface area contributed by atoms with Crippen molar-refractivity contribution in [3.05, 3.63) is 94.6 Å². The van der Waals surface area contributed by atoms with Crippen LogP contribution in [0.3, 0.4) is 0 Å². The van der Waals surface area contributed by atoms with Crippen LogP contribution in [0.15, 0.2) is 55.0 Å². The van der Waals surface area contributed by atoms with Crippen LogP contribution in [0, 0.1) is 11.6 Å². The first-order valence-electron chi connectivity index (χ1n) is 12.2. The van der Waals surface area contributed by atoms with Crippen molar-refractivity contribution in [3.8, 4) is 0 Å². The number of benzene rings is 1. The Morgan fingerprint density at radius 3 is 2.58 bits per heavy atom. The fourth-order valence-corrected chi connectivity index (χ4v) is 5.43. The van der Waals surface area contributed by atoms with E-state index >= 15 is 0 Å². The predicted octanol–water partition coefficient (Wildman–Crippen LogP) is 4.52. The minimum Gasteiger partial charge on any atom is -0.365 e. The number of fused-ring (bicyclic) bond motifs is 2. The van der Waals surface area contributed by atoms with Crippen LogP contribution in [0.25, 0.3) is 0 Å².